The van der Waals surface area contributed by atoms with Gasteiger partial charge in [-0.3, -0.25) is 4.79 Å². The van der Waals surface area contributed by atoms with Crippen LogP contribution in [0.15, 0.2) is 57.9 Å². The summed E-state index contributed by atoms with van der Waals surface area (Å²) in [5, 5.41) is 2.75. The number of carbonyl (C=O) groups is 1. The Kier molecular flexibility index (Phi) is 6.98. The van der Waals surface area contributed by atoms with Crippen LogP contribution in [0.4, 0.5) is 0 Å². The minimum Gasteiger partial charge on any atom is -0.497 e. The van der Waals surface area contributed by atoms with Crippen LogP contribution >= 0.6 is 15.9 Å². The van der Waals surface area contributed by atoms with Crippen LogP contribution in [0.3, 0.4) is 0 Å². The average Bonchev–Trinajstić information content (AvgIpc) is 2.60. The van der Waals surface area contributed by atoms with Crippen molar-refractivity contribution in [3.8, 4) is 5.75 Å². The summed E-state index contributed by atoms with van der Waals surface area (Å²) in [5.41, 5.74) is 0.934. The van der Waals surface area contributed by atoms with E-state index in [1.807, 2.05) is 24.3 Å². The van der Waals surface area contributed by atoms with Gasteiger partial charge >= 0.3 is 0 Å². The van der Waals surface area contributed by atoms with Gasteiger partial charge in [0.2, 0.25) is 15.9 Å². The number of nitrogens with one attached hydrogen (secondary N) is 2. The molecular formula is C17H19BrN2O4S. The van der Waals surface area contributed by atoms with Gasteiger partial charge in [0.25, 0.3) is 0 Å². The van der Waals surface area contributed by atoms with Gasteiger partial charge in [-0.25, -0.2) is 13.1 Å². The molecule has 1 amide bonds. The zero-order chi connectivity index (χ0) is 18.3. The smallest absolute Gasteiger partial charge is 0.240 e. The van der Waals surface area contributed by atoms with Gasteiger partial charge in [-0.1, -0.05) is 34.1 Å². The van der Waals surface area contributed by atoms with Gasteiger partial charge in [-0.15, -0.1) is 0 Å². The highest BCUT2D eigenvalue weighted by molar-refractivity contribution is 9.10. The predicted molar refractivity (Wildman–Crippen MR) is 98.8 cm³/mol. The molecule has 2 aromatic carbocycles. The number of benzene rings is 2. The molecule has 2 aromatic rings. The molecule has 0 aromatic heterocycles. The summed E-state index contributed by atoms with van der Waals surface area (Å²) in [6.45, 7) is 0.407. The molecule has 0 aliphatic heterocycles. The lowest BCUT2D eigenvalue weighted by Crippen LogP contribution is -2.30. The largest absolute Gasteiger partial charge is 0.497 e. The molecule has 0 unspecified atom stereocenters. The third kappa shape index (κ3) is 6.15. The van der Waals surface area contributed by atoms with E-state index >= 15 is 0 Å². The number of methoxy groups -OCH3 is 1. The molecule has 0 spiro atoms. The number of sulfonamides is 1. The quantitative estimate of drug-likeness (QED) is 0.678. The molecule has 0 radical (unpaired) electrons. The number of carbonyl (C=O) groups excluding carboxylic acids is 1. The van der Waals surface area contributed by atoms with Crippen LogP contribution in [-0.4, -0.2) is 28.0 Å². The second kappa shape index (κ2) is 8.98. The number of ether oxygens (including phenoxy) is 1. The lowest BCUT2D eigenvalue weighted by molar-refractivity contribution is -0.121. The number of hydrogen-bond donors (Lipinski definition) is 2. The number of hydrogen-bond acceptors (Lipinski definition) is 4. The van der Waals surface area contributed by atoms with Gasteiger partial charge in [-0.2, -0.15) is 0 Å². The minimum absolute atomic E-state index is 0.0310. The Balaban J connectivity index is 1.77. The number of halogens is 1. The van der Waals surface area contributed by atoms with Crippen molar-refractivity contribution in [2.45, 2.75) is 17.9 Å². The Morgan fingerprint density at radius 3 is 2.52 bits per heavy atom. The van der Waals surface area contributed by atoms with Crippen LogP contribution in [0.2, 0.25) is 0 Å². The zero-order valence-electron chi connectivity index (χ0n) is 13.7. The molecule has 0 heterocycles. The maximum absolute atomic E-state index is 12.1. The summed E-state index contributed by atoms with van der Waals surface area (Å²) in [6, 6.07) is 13.7. The summed E-state index contributed by atoms with van der Waals surface area (Å²) in [7, 11) is -2.04. The minimum atomic E-state index is -3.63. The first kappa shape index (κ1) is 19.4. The first-order valence-electron chi connectivity index (χ1n) is 7.55. The lowest BCUT2D eigenvalue weighted by atomic mass is 10.2. The van der Waals surface area contributed by atoms with Crippen LogP contribution in [0.1, 0.15) is 12.0 Å². The first-order chi connectivity index (χ1) is 11.9. The van der Waals surface area contributed by atoms with Crippen LogP contribution in [0.25, 0.3) is 0 Å². The topological polar surface area (TPSA) is 84.5 Å². The fraction of sp³-hybridized carbons (Fsp3) is 0.235. The van der Waals surface area contributed by atoms with E-state index < -0.39 is 10.0 Å². The van der Waals surface area contributed by atoms with E-state index in [4.69, 9.17) is 4.74 Å². The summed E-state index contributed by atoms with van der Waals surface area (Å²) in [4.78, 5) is 12.0. The van der Waals surface area contributed by atoms with Gasteiger partial charge in [0.15, 0.2) is 0 Å². The van der Waals surface area contributed by atoms with Gasteiger partial charge in [0.1, 0.15) is 5.75 Å². The van der Waals surface area contributed by atoms with Crippen molar-refractivity contribution >= 4 is 31.9 Å². The molecule has 0 atom stereocenters. The van der Waals surface area contributed by atoms with E-state index in [1.54, 1.807) is 19.2 Å². The van der Waals surface area contributed by atoms with E-state index in [2.05, 4.69) is 26.0 Å². The molecule has 2 N–H and O–H groups in total. The molecule has 0 saturated carbocycles. The number of rotatable bonds is 8. The fourth-order valence-electron chi connectivity index (χ4n) is 2.05. The van der Waals surface area contributed by atoms with Crippen molar-refractivity contribution < 1.29 is 17.9 Å². The van der Waals surface area contributed by atoms with E-state index in [0.29, 0.717) is 11.0 Å². The summed E-state index contributed by atoms with van der Waals surface area (Å²) < 4.78 is 32.4. The monoisotopic (exact) mass is 426 g/mol. The van der Waals surface area contributed by atoms with E-state index in [-0.39, 0.29) is 23.8 Å². The zero-order valence-corrected chi connectivity index (χ0v) is 16.1. The van der Waals surface area contributed by atoms with Crippen LogP contribution < -0.4 is 14.8 Å². The Labute approximate surface area is 155 Å². The third-order valence-corrected chi connectivity index (χ3v) is 5.35. The Morgan fingerprint density at radius 1 is 1.16 bits per heavy atom. The standard InChI is InChI=1S/C17H19BrN2O4S/c1-24-15-7-5-13(6-8-15)12-19-17(21)9-10-20-25(22,23)16-4-2-3-14(18)11-16/h2-8,11,20H,9-10,12H2,1H3,(H,19,21). The normalized spacial score (nSPS) is 11.1. The van der Waals surface area contributed by atoms with Gasteiger partial charge in [0.05, 0.1) is 12.0 Å². The summed E-state index contributed by atoms with van der Waals surface area (Å²) in [6.07, 6.45) is 0.0589. The van der Waals surface area contributed by atoms with Crippen molar-refractivity contribution in [3.63, 3.8) is 0 Å². The molecule has 25 heavy (non-hydrogen) atoms. The van der Waals surface area contributed by atoms with Crippen molar-refractivity contribution in [1.82, 2.24) is 10.0 Å². The summed E-state index contributed by atoms with van der Waals surface area (Å²) in [5.74, 6) is 0.518. The third-order valence-electron chi connectivity index (χ3n) is 3.40. The lowest BCUT2D eigenvalue weighted by Gasteiger charge is -2.08. The van der Waals surface area contributed by atoms with Crippen LogP contribution in [0.5, 0.6) is 5.75 Å². The van der Waals surface area contributed by atoms with Crippen LogP contribution in [0, 0.1) is 0 Å². The molecular weight excluding hydrogens is 408 g/mol. The molecule has 0 aliphatic carbocycles. The van der Waals surface area contributed by atoms with Crippen molar-refractivity contribution in [2.24, 2.45) is 0 Å². The molecule has 0 aliphatic rings. The Morgan fingerprint density at radius 2 is 1.88 bits per heavy atom. The molecule has 2 rings (SSSR count). The second-order valence-electron chi connectivity index (χ2n) is 5.23. The maximum Gasteiger partial charge on any atom is 0.240 e. The van der Waals surface area contributed by atoms with Crippen LogP contribution in [-0.2, 0) is 21.4 Å². The van der Waals surface area contributed by atoms with Crippen molar-refractivity contribution in [2.75, 3.05) is 13.7 Å². The fourth-order valence-corrected chi connectivity index (χ4v) is 3.68. The number of amides is 1. The Bertz CT molecular complexity index is 823. The highest BCUT2D eigenvalue weighted by Gasteiger charge is 2.14. The van der Waals surface area contributed by atoms with E-state index in [1.165, 1.54) is 12.1 Å². The second-order valence-corrected chi connectivity index (χ2v) is 7.91. The SMILES string of the molecule is COc1ccc(CNC(=O)CCNS(=O)(=O)c2cccc(Br)c2)cc1. The van der Waals surface area contributed by atoms with E-state index in [0.717, 1.165) is 11.3 Å². The van der Waals surface area contributed by atoms with Gasteiger partial charge < -0.3 is 10.1 Å². The summed E-state index contributed by atoms with van der Waals surface area (Å²) >= 11 is 3.23. The Hall–Kier alpha value is -1.90. The van der Waals surface area contributed by atoms with Gasteiger partial charge in [0, 0.05) is 24.0 Å². The van der Waals surface area contributed by atoms with Crippen molar-refractivity contribution in [1.29, 1.82) is 0 Å². The highest BCUT2D eigenvalue weighted by Crippen LogP contribution is 2.15. The maximum atomic E-state index is 12.1. The first-order valence-corrected chi connectivity index (χ1v) is 9.83. The molecule has 134 valence electrons. The predicted octanol–water partition coefficient (Wildman–Crippen LogP) is 2.44. The van der Waals surface area contributed by atoms with Gasteiger partial charge in [-0.05, 0) is 35.9 Å². The molecule has 6 nitrogen and oxygen atoms in total. The molecule has 8 heteroatoms. The molecule has 0 fully saturated rings. The van der Waals surface area contributed by atoms with E-state index in [9.17, 15) is 13.2 Å². The molecule has 0 bridgehead atoms. The van der Waals surface area contributed by atoms with Crippen molar-refractivity contribution in [3.05, 3.63) is 58.6 Å². The highest BCUT2D eigenvalue weighted by atomic mass is 79.9. The molecule has 0 saturated heterocycles. The average molecular weight is 427 g/mol.